The van der Waals surface area contributed by atoms with E-state index >= 15 is 0 Å². The van der Waals surface area contributed by atoms with Gasteiger partial charge in [-0.15, -0.1) is 0 Å². The number of aliphatic carboxylic acids is 1. The zero-order chi connectivity index (χ0) is 47.7. The molecule has 0 radical (unpaired) electrons. The van der Waals surface area contributed by atoms with E-state index in [1.807, 2.05) is 0 Å². The molecule has 0 aromatic rings. The second-order valence-corrected chi connectivity index (χ2v) is 19.1. The molecule has 8 nitrogen and oxygen atoms in total. The molecule has 0 N–H and O–H groups in total. The first kappa shape index (κ1) is 62.0. The maximum Gasteiger partial charge on any atom is 0.306 e. The van der Waals surface area contributed by atoms with Crippen molar-refractivity contribution in [3.63, 3.8) is 0 Å². The van der Waals surface area contributed by atoms with Gasteiger partial charge in [0.2, 0.25) is 0 Å². The summed E-state index contributed by atoms with van der Waals surface area (Å²) in [5.41, 5.74) is 0. The molecule has 8 heteroatoms. The smallest absolute Gasteiger partial charge is 0.306 e. The van der Waals surface area contributed by atoms with Crippen LogP contribution in [0.2, 0.25) is 0 Å². The van der Waals surface area contributed by atoms with Crippen molar-refractivity contribution >= 4 is 17.9 Å². The van der Waals surface area contributed by atoms with Crippen LogP contribution in [0.3, 0.4) is 0 Å². The predicted molar refractivity (Wildman–Crippen MR) is 273 cm³/mol. The fourth-order valence-electron chi connectivity index (χ4n) is 7.74. The number of ether oxygens (including phenoxy) is 3. The topological polar surface area (TPSA) is 102 Å². The van der Waals surface area contributed by atoms with Crippen LogP contribution in [0, 0.1) is 0 Å². The number of carboxylic acid groups (broad SMARTS) is 1. The Morgan fingerprint density at radius 3 is 1.23 bits per heavy atom. The van der Waals surface area contributed by atoms with Crippen LogP contribution in [-0.2, 0) is 28.6 Å². The van der Waals surface area contributed by atoms with Crippen LogP contribution in [0.4, 0.5) is 0 Å². The van der Waals surface area contributed by atoms with E-state index in [1.54, 1.807) is 21.1 Å². The molecule has 0 spiro atoms. The molecule has 0 aliphatic carbocycles. The van der Waals surface area contributed by atoms with Gasteiger partial charge in [0, 0.05) is 19.3 Å². The number of hydrogen-bond acceptors (Lipinski definition) is 7. The average molecular weight is 912 g/mol. The van der Waals surface area contributed by atoms with Crippen molar-refractivity contribution in [3.05, 3.63) is 60.8 Å². The average Bonchev–Trinajstić information content (AvgIpc) is 3.27. The first-order valence-corrected chi connectivity index (χ1v) is 26.8. The summed E-state index contributed by atoms with van der Waals surface area (Å²) in [5, 5.41) is 11.7. The van der Waals surface area contributed by atoms with Crippen LogP contribution in [0.1, 0.15) is 232 Å². The van der Waals surface area contributed by atoms with Crippen molar-refractivity contribution in [1.29, 1.82) is 0 Å². The summed E-state index contributed by atoms with van der Waals surface area (Å²) in [6.07, 6.45) is 59.7. The van der Waals surface area contributed by atoms with Crippen LogP contribution < -0.4 is 5.11 Å². The molecular formula is C57H101NO7. The molecule has 0 saturated carbocycles. The molecule has 0 fully saturated rings. The molecule has 2 atom stereocenters. The number of hydrogen-bond donors (Lipinski definition) is 0. The van der Waals surface area contributed by atoms with Crippen molar-refractivity contribution in [3.8, 4) is 0 Å². The molecule has 0 amide bonds. The van der Waals surface area contributed by atoms with Gasteiger partial charge >= 0.3 is 11.9 Å². The van der Waals surface area contributed by atoms with E-state index in [0.29, 0.717) is 12.8 Å². The van der Waals surface area contributed by atoms with Gasteiger partial charge in [0.25, 0.3) is 0 Å². The molecule has 0 aromatic heterocycles. The van der Waals surface area contributed by atoms with Crippen molar-refractivity contribution in [2.75, 3.05) is 41.0 Å². The van der Waals surface area contributed by atoms with Gasteiger partial charge in [0.05, 0.1) is 40.3 Å². The van der Waals surface area contributed by atoms with Crippen molar-refractivity contribution in [1.82, 2.24) is 0 Å². The van der Waals surface area contributed by atoms with Crippen molar-refractivity contribution in [2.45, 2.75) is 244 Å². The molecule has 2 unspecified atom stereocenters. The monoisotopic (exact) mass is 912 g/mol. The number of esters is 2. The van der Waals surface area contributed by atoms with Gasteiger partial charge in [-0.3, -0.25) is 9.59 Å². The van der Waals surface area contributed by atoms with Gasteiger partial charge in [-0.1, -0.05) is 209 Å². The van der Waals surface area contributed by atoms with Gasteiger partial charge in [0.15, 0.2) is 6.10 Å². The van der Waals surface area contributed by atoms with E-state index in [1.165, 1.54) is 135 Å². The number of likely N-dealkylation sites (N-methyl/N-ethyl adjacent to an activating group) is 1. The Morgan fingerprint density at radius 1 is 0.462 bits per heavy atom. The highest BCUT2D eigenvalue weighted by Gasteiger charge is 2.25. The first-order chi connectivity index (χ1) is 31.6. The Labute approximate surface area is 400 Å². The molecule has 0 aromatic carbocycles. The lowest BCUT2D eigenvalue weighted by molar-refractivity contribution is -0.889. The highest BCUT2D eigenvalue weighted by Crippen LogP contribution is 2.16. The maximum absolute atomic E-state index is 12.8. The Morgan fingerprint density at radius 2 is 0.815 bits per heavy atom. The van der Waals surface area contributed by atoms with Gasteiger partial charge in [-0.25, -0.2) is 0 Å². The van der Waals surface area contributed by atoms with E-state index < -0.39 is 18.1 Å². The molecule has 0 aliphatic heterocycles. The van der Waals surface area contributed by atoms with Gasteiger partial charge in [-0.2, -0.15) is 0 Å². The second kappa shape index (κ2) is 47.5. The fraction of sp³-hybridized carbons (Fsp3) is 0.772. The van der Waals surface area contributed by atoms with Crippen LogP contribution in [-0.4, -0.2) is 75.5 Å². The number of rotatable bonds is 48. The molecular weight excluding hydrogens is 811 g/mol. The third kappa shape index (κ3) is 46.0. The number of nitrogens with zero attached hydrogens (tertiary/aromatic N) is 1. The van der Waals surface area contributed by atoms with E-state index in [9.17, 15) is 19.5 Å². The van der Waals surface area contributed by atoms with Gasteiger partial charge in [0.1, 0.15) is 12.6 Å². The second-order valence-electron chi connectivity index (χ2n) is 19.1. The highest BCUT2D eigenvalue weighted by molar-refractivity contribution is 5.70. The minimum atomic E-state index is -1.13. The van der Waals surface area contributed by atoms with Crippen LogP contribution in [0.5, 0.6) is 0 Å². The molecule has 0 heterocycles. The number of quaternary nitrogens is 1. The SMILES string of the molecule is CCCCC/C=C/C/C=C/C/C=C/C/C=C/C/C=C/CCCCC(=O)OC(COCCC(C(=O)[O-])[N+](C)(C)C)COC(=O)CCCCCCCCCCCCCCCCCCCCCC. The number of carboxylic acids is 1. The predicted octanol–water partition coefficient (Wildman–Crippen LogP) is 14.4. The molecule has 65 heavy (non-hydrogen) atoms. The summed E-state index contributed by atoms with van der Waals surface area (Å²) >= 11 is 0. The Balaban J connectivity index is 4.30. The zero-order valence-corrected chi connectivity index (χ0v) is 42.9. The molecule has 0 aliphatic rings. The summed E-state index contributed by atoms with van der Waals surface area (Å²) in [4.78, 5) is 37.1. The Bertz CT molecular complexity index is 1250. The summed E-state index contributed by atoms with van der Waals surface area (Å²) < 4.78 is 17.2. The van der Waals surface area contributed by atoms with Crippen LogP contribution >= 0.6 is 0 Å². The van der Waals surface area contributed by atoms with Crippen molar-refractivity contribution in [2.24, 2.45) is 0 Å². The summed E-state index contributed by atoms with van der Waals surface area (Å²) in [7, 11) is 5.40. The number of allylic oxidation sites excluding steroid dienone is 10. The highest BCUT2D eigenvalue weighted by atomic mass is 16.6. The fourth-order valence-corrected chi connectivity index (χ4v) is 7.74. The largest absolute Gasteiger partial charge is 0.544 e. The standard InChI is InChI=1S/C57H101NO7/c1-6-8-10-12-14-16-18-20-22-24-26-28-30-32-34-36-38-40-42-44-46-48-56(60)65-53(51-63-50-49-54(57(61)62)58(3,4)5)52-64-55(59)47-45-43-41-39-37-35-33-31-29-27-25-23-21-19-17-15-13-11-9-7-2/h14,16,20,22,26,28,32,34,38,40,53-54H,6-13,15,17-19,21,23-25,27,29-31,33,35-37,39,41-52H2,1-5H3/b16-14+,22-20+,28-26+,34-32+,40-38+. The lowest BCUT2D eigenvalue weighted by atomic mass is 10.0. The Hall–Kier alpha value is -2.97. The summed E-state index contributed by atoms with van der Waals surface area (Å²) in [6, 6.07) is -0.736. The number of carbonyl (C=O) groups is 3. The molecule has 0 rings (SSSR count). The Kier molecular flexibility index (Phi) is 45.3. The van der Waals surface area contributed by atoms with Crippen LogP contribution in [0.15, 0.2) is 60.8 Å². The van der Waals surface area contributed by atoms with Gasteiger partial charge < -0.3 is 28.6 Å². The van der Waals surface area contributed by atoms with Gasteiger partial charge in [-0.05, 0) is 64.2 Å². The van der Waals surface area contributed by atoms with E-state index in [0.717, 1.165) is 57.8 Å². The molecule has 0 saturated heterocycles. The first-order valence-electron chi connectivity index (χ1n) is 26.8. The van der Waals surface area contributed by atoms with E-state index in [4.69, 9.17) is 14.2 Å². The summed E-state index contributed by atoms with van der Waals surface area (Å²) in [6.45, 7) is 4.62. The van der Waals surface area contributed by atoms with Crippen LogP contribution in [0.25, 0.3) is 0 Å². The minimum Gasteiger partial charge on any atom is -0.544 e. The van der Waals surface area contributed by atoms with E-state index in [2.05, 4.69) is 74.6 Å². The number of carbonyl (C=O) groups excluding carboxylic acids is 3. The maximum atomic E-state index is 12.8. The third-order valence-electron chi connectivity index (χ3n) is 11.9. The third-order valence-corrected chi connectivity index (χ3v) is 11.9. The number of unbranched alkanes of at least 4 members (excludes halogenated alkanes) is 24. The molecule has 376 valence electrons. The zero-order valence-electron chi connectivity index (χ0n) is 42.9. The lowest BCUT2D eigenvalue weighted by Crippen LogP contribution is -2.55. The normalized spacial score (nSPS) is 13.3. The minimum absolute atomic E-state index is 0.0233. The van der Waals surface area contributed by atoms with E-state index in [-0.39, 0.29) is 49.1 Å². The quantitative estimate of drug-likeness (QED) is 0.0259. The summed E-state index contributed by atoms with van der Waals surface area (Å²) in [5.74, 6) is -1.78. The lowest BCUT2D eigenvalue weighted by Gasteiger charge is -2.34. The molecule has 0 bridgehead atoms. The van der Waals surface area contributed by atoms with Crippen molar-refractivity contribution < 1.29 is 38.2 Å².